The number of carbonyl (C=O) groups is 1. The predicted molar refractivity (Wildman–Crippen MR) is 82.2 cm³/mol. The van der Waals surface area contributed by atoms with Gasteiger partial charge in [0.15, 0.2) is 0 Å². The first-order valence-corrected chi connectivity index (χ1v) is 7.12. The standard InChI is InChI=1S/C17H24O3/c1-5-14(6-2)11-20-17-12(3)9-15(10-13(17)4)7-8-16(18)19/h7-10,14H,5-6,11H2,1-4H3,(H,18,19)/b8-7+. The molecule has 1 rings (SSSR count). The van der Waals surface area contributed by atoms with Crippen molar-refractivity contribution in [3.63, 3.8) is 0 Å². The molecule has 20 heavy (non-hydrogen) atoms. The second-order valence-corrected chi connectivity index (χ2v) is 5.15. The molecule has 0 fully saturated rings. The lowest BCUT2D eigenvalue weighted by Gasteiger charge is -2.17. The van der Waals surface area contributed by atoms with E-state index in [9.17, 15) is 4.79 Å². The summed E-state index contributed by atoms with van der Waals surface area (Å²) in [5, 5.41) is 8.66. The highest BCUT2D eigenvalue weighted by Gasteiger charge is 2.09. The Bertz CT molecular complexity index is 462. The summed E-state index contributed by atoms with van der Waals surface area (Å²) < 4.78 is 5.95. The molecule has 0 amide bonds. The maximum absolute atomic E-state index is 10.5. The monoisotopic (exact) mass is 276 g/mol. The van der Waals surface area contributed by atoms with Gasteiger partial charge in [0.05, 0.1) is 6.61 Å². The highest BCUT2D eigenvalue weighted by molar-refractivity contribution is 5.85. The molecule has 0 unspecified atom stereocenters. The van der Waals surface area contributed by atoms with E-state index in [-0.39, 0.29) is 0 Å². The fourth-order valence-electron chi connectivity index (χ4n) is 2.20. The number of hydrogen-bond donors (Lipinski definition) is 1. The van der Waals surface area contributed by atoms with Crippen LogP contribution in [-0.4, -0.2) is 17.7 Å². The van der Waals surface area contributed by atoms with E-state index < -0.39 is 5.97 Å². The number of carboxylic acid groups (broad SMARTS) is 1. The molecule has 0 saturated heterocycles. The van der Waals surface area contributed by atoms with Gasteiger partial charge in [-0.3, -0.25) is 0 Å². The van der Waals surface area contributed by atoms with Crippen molar-refractivity contribution < 1.29 is 14.6 Å². The third kappa shape index (κ3) is 4.72. The molecule has 3 nitrogen and oxygen atoms in total. The summed E-state index contributed by atoms with van der Waals surface area (Å²) in [6, 6.07) is 3.91. The summed E-state index contributed by atoms with van der Waals surface area (Å²) >= 11 is 0. The van der Waals surface area contributed by atoms with Crippen LogP contribution >= 0.6 is 0 Å². The zero-order valence-corrected chi connectivity index (χ0v) is 12.8. The highest BCUT2D eigenvalue weighted by atomic mass is 16.5. The Morgan fingerprint density at radius 2 is 1.80 bits per heavy atom. The molecule has 1 aromatic rings. The van der Waals surface area contributed by atoms with Crippen LogP contribution in [0.1, 0.15) is 43.4 Å². The Kier molecular flexibility index (Phi) is 6.29. The number of aliphatic carboxylic acids is 1. The van der Waals surface area contributed by atoms with Gasteiger partial charge in [-0.05, 0) is 54.7 Å². The number of hydrogen-bond acceptors (Lipinski definition) is 2. The molecule has 0 saturated carbocycles. The number of ether oxygens (including phenoxy) is 1. The molecule has 0 aromatic heterocycles. The van der Waals surface area contributed by atoms with Crippen LogP contribution < -0.4 is 4.74 Å². The quantitative estimate of drug-likeness (QED) is 0.759. The van der Waals surface area contributed by atoms with Gasteiger partial charge in [0.1, 0.15) is 5.75 Å². The average Bonchev–Trinajstić information content (AvgIpc) is 2.40. The van der Waals surface area contributed by atoms with E-state index in [4.69, 9.17) is 9.84 Å². The molecule has 1 N–H and O–H groups in total. The lowest BCUT2D eigenvalue weighted by atomic mass is 10.0. The summed E-state index contributed by atoms with van der Waals surface area (Å²) in [6.07, 6.45) is 4.99. The Morgan fingerprint density at radius 3 is 2.25 bits per heavy atom. The van der Waals surface area contributed by atoms with Crippen molar-refractivity contribution in [2.24, 2.45) is 5.92 Å². The fraction of sp³-hybridized carbons (Fsp3) is 0.471. The van der Waals surface area contributed by atoms with Crippen molar-refractivity contribution in [2.45, 2.75) is 40.5 Å². The zero-order chi connectivity index (χ0) is 15.1. The molecule has 0 spiro atoms. The van der Waals surface area contributed by atoms with Crippen LogP contribution in [0.4, 0.5) is 0 Å². The largest absolute Gasteiger partial charge is 0.493 e. The Hall–Kier alpha value is -1.77. The van der Waals surface area contributed by atoms with Crippen LogP contribution in [0.3, 0.4) is 0 Å². The summed E-state index contributed by atoms with van der Waals surface area (Å²) in [7, 11) is 0. The van der Waals surface area contributed by atoms with Gasteiger partial charge in [0.2, 0.25) is 0 Å². The minimum atomic E-state index is -0.936. The Labute approximate surface area is 121 Å². The molecule has 110 valence electrons. The van der Waals surface area contributed by atoms with Crippen LogP contribution in [0.5, 0.6) is 5.75 Å². The molecule has 0 aliphatic carbocycles. The van der Waals surface area contributed by atoms with Gasteiger partial charge in [-0.2, -0.15) is 0 Å². The topological polar surface area (TPSA) is 46.5 Å². The summed E-state index contributed by atoms with van der Waals surface area (Å²) in [4.78, 5) is 10.5. The van der Waals surface area contributed by atoms with Gasteiger partial charge < -0.3 is 9.84 Å². The molecule has 0 aliphatic heterocycles. The van der Waals surface area contributed by atoms with Gasteiger partial charge in [-0.25, -0.2) is 4.79 Å². The zero-order valence-electron chi connectivity index (χ0n) is 12.8. The second-order valence-electron chi connectivity index (χ2n) is 5.15. The second kappa shape index (κ2) is 7.73. The van der Waals surface area contributed by atoms with Crippen molar-refractivity contribution in [3.05, 3.63) is 34.9 Å². The SMILES string of the molecule is CCC(CC)COc1c(C)cc(/C=C/C(=O)O)cc1C. The maximum Gasteiger partial charge on any atom is 0.328 e. The lowest BCUT2D eigenvalue weighted by molar-refractivity contribution is -0.131. The predicted octanol–water partition coefficient (Wildman–Crippen LogP) is 4.22. The van der Waals surface area contributed by atoms with Gasteiger partial charge in [-0.15, -0.1) is 0 Å². The maximum atomic E-state index is 10.5. The normalized spacial score (nSPS) is 11.2. The lowest BCUT2D eigenvalue weighted by Crippen LogP contribution is -2.11. The van der Waals surface area contributed by atoms with Crippen molar-refractivity contribution >= 4 is 12.0 Å². The van der Waals surface area contributed by atoms with Gasteiger partial charge >= 0.3 is 5.97 Å². The number of benzene rings is 1. The van der Waals surface area contributed by atoms with Gasteiger partial charge in [0, 0.05) is 6.08 Å². The van der Waals surface area contributed by atoms with Crippen molar-refractivity contribution in [1.29, 1.82) is 0 Å². The third-order valence-electron chi connectivity index (χ3n) is 3.52. The number of rotatable bonds is 7. The highest BCUT2D eigenvalue weighted by Crippen LogP contribution is 2.26. The molecule has 0 heterocycles. The summed E-state index contributed by atoms with van der Waals surface area (Å²) in [5.74, 6) is 0.569. The van der Waals surface area contributed by atoms with Crippen molar-refractivity contribution in [2.75, 3.05) is 6.61 Å². The van der Waals surface area contributed by atoms with Crippen LogP contribution in [0.15, 0.2) is 18.2 Å². The fourth-order valence-corrected chi connectivity index (χ4v) is 2.20. The molecule has 1 aromatic carbocycles. The van der Waals surface area contributed by atoms with E-state index in [1.165, 1.54) is 0 Å². The number of carboxylic acids is 1. The van der Waals surface area contributed by atoms with Crippen LogP contribution in [0.2, 0.25) is 0 Å². The Balaban J connectivity index is 2.86. The first-order chi connectivity index (χ1) is 9.47. The first-order valence-electron chi connectivity index (χ1n) is 7.12. The molecule has 0 bridgehead atoms. The minimum Gasteiger partial charge on any atom is -0.493 e. The van der Waals surface area contributed by atoms with E-state index in [1.54, 1.807) is 6.08 Å². The van der Waals surface area contributed by atoms with E-state index in [2.05, 4.69) is 13.8 Å². The van der Waals surface area contributed by atoms with Gasteiger partial charge in [0.25, 0.3) is 0 Å². The molecular weight excluding hydrogens is 252 g/mol. The van der Waals surface area contributed by atoms with Crippen molar-refractivity contribution in [3.8, 4) is 5.75 Å². The van der Waals surface area contributed by atoms with E-state index in [0.717, 1.165) is 48.0 Å². The molecule has 0 radical (unpaired) electrons. The molecule has 0 aliphatic rings. The molecular formula is C17H24O3. The summed E-state index contributed by atoms with van der Waals surface area (Å²) in [5.41, 5.74) is 2.97. The van der Waals surface area contributed by atoms with Crippen LogP contribution in [-0.2, 0) is 4.79 Å². The third-order valence-corrected chi connectivity index (χ3v) is 3.52. The van der Waals surface area contributed by atoms with Gasteiger partial charge in [-0.1, -0.05) is 26.7 Å². The van der Waals surface area contributed by atoms with Crippen LogP contribution in [0.25, 0.3) is 6.08 Å². The minimum absolute atomic E-state index is 0.584. The summed E-state index contributed by atoms with van der Waals surface area (Å²) in [6.45, 7) is 9.08. The first kappa shape index (κ1) is 16.3. The smallest absolute Gasteiger partial charge is 0.328 e. The van der Waals surface area contributed by atoms with Crippen LogP contribution in [0, 0.1) is 19.8 Å². The Morgan fingerprint density at radius 1 is 1.25 bits per heavy atom. The average molecular weight is 276 g/mol. The van der Waals surface area contributed by atoms with E-state index in [0.29, 0.717) is 5.92 Å². The van der Waals surface area contributed by atoms with E-state index >= 15 is 0 Å². The van der Waals surface area contributed by atoms with Crippen molar-refractivity contribution in [1.82, 2.24) is 0 Å². The molecule has 3 heteroatoms. The molecule has 0 atom stereocenters. The van der Waals surface area contributed by atoms with E-state index in [1.807, 2.05) is 26.0 Å². The number of aryl methyl sites for hydroxylation is 2.